The molecule has 8 rings (SSSR count). The number of aliphatic hydroxyl groups is 1. The lowest BCUT2D eigenvalue weighted by Gasteiger charge is -2.41. The molecule has 4 aromatic carbocycles. The van der Waals surface area contributed by atoms with Crippen LogP contribution in [0, 0.1) is 70.2 Å². The van der Waals surface area contributed by atoms with E-state index in [1.165, 1.54) is 62.8 Å². The van der Waals surface area contributed by atoms with Gasteiger partial charge in [0.25, 0.3) is 0 Å². The Kier molecular flexibility index (Phi) is 16.9. The van der Waals surface area contributed by atoms with Crippen LogP contribution in [0.5, 0.6) is 0 Å². The van der Waals surface area contributed by atoms with E-state index in [1.54, 1.807) is 12.1 Å². The summed E-state index contributed by atoms with van der Waals surface area (Å²) in [5, 5.41) is 11.2. The van der Waals surface area contributed by atoms with Gasteiger partial charge in [0.15, 0.2) is 34.9 Å². The molecule has 348 valence electrons. The van der Waals surface area contributed by atoms with Crippen LogP contribution >= 0.6 is 0 Å². The Morgan fingerprint density at radius 1 is 0.547 bits per heavy atom. The van der Waals surface area contributed by atoms with Crippen LogP contribution < -0.4 is 0 Å². The topological polar surface area (TPSA) is 70.2 Å². The fraction of sp³-hybridized carbons (Fsp3) is 0.500. The van der Waals surface area contributed by atoms with Crippen molar-refractivity contribution < 1.29 is 55.2 Å². The first-order valence-corrected chi connectivity index (χ1v) is 22.8. The van der Waals surface area contributed by atoms with Crippen molar-refractivity contribution >= 4 is 5.57 Å². The van der Waals surface area contributed by atoms with Gasteiger partial charge in [0.1, 0.15) is 11.6 Å². The van der Waals surface area contributed by atoms with Gasteiger partial charge in [0, 0.05) is 24.3 Å². The van der Waals surface area contributed by atoms with Gasteiger partial charge in [0.05, 0.1) is 17.8 Å². The zero-order valence-electron chi connectivity index (χ0n) is 36.6. The lowest BCUT2D eigenvalue weighted by atomic mass is 9.72. The van der Waals surface area contributed by atoms with Crippen molar-refractivity contribution in [2.75, 3.05) is 13.2 Å². The van der Waals surface area contributed by atoms with Gasteiger partial charge < -0.3 is 20.1 Å². The summed E-state index contributed by atoms with van der Waals surface area (Å²) in [6, 6.07) is 12.0. The van der Waals surface area contributed by atoms with Crippen LogP contribution in [0.4, 0.5) is 35.1 Å². The molecule has 0 spiro atoms. The lowest BCUT2D eigenvalue weighted by molar-refractivity contribution is -0.0840. The van der Waals surface area contributed by atoms with E-state index >= 15 is 0 Å². The first kappa shape index (κ1) is 49.3. The molecular weight excluding hydrogens is 841 g/mol. The molecule has 5 atom stereocenters. The first-order valence-electron chi connectivity index (χ1n) is 22.8. The van der Waals surface area contributed by atoms with Crippen molar-refractivity contribution in [3.63, 3.8) is 0 Å². The molecule has 12 heteroatoms. The Morgan fingerprint density at radius 3 is 1.44 bits per heavy atom. The van der Waals surface area contributed by atoms with Gasteiger partial charge in [-0.05, 0) is 171 Å². The zero-order chi connectivity index (χ0) is 44.8. The van der Waals surface area contributed by atoms with E-state index in [0.717, 1.165) is 93.6 Å². The number of benzene rings is 4. The van der Waals surface area contributed by atoms with E-state index in [9.17, 15) is 40.2 Å². The van der Waals surface area contributed by atoms with Crippen LogP contribution in [0.15, 0.2) is 66.7 Å². The number of ether oxygens (including phenoxy) is 2. The van der Waals surface area contributed by atoms with Crippen molar-refractivity contribution in [3.05, 3.63) is 124 Å². The molecule has 3 fully saturated rings. The van der Waals surface area contributed by atoms with Gasteiger partial charge in [-0.25, -0.2) is 35.1 Å². The van der Waals surface area contributed by atoms with Gasteiger partial charge in [-0.3, -0.25) is 0 Å². The highest BCUT2D eigenvalue weighted by Gasteiger charge is 2.39. The lowest BCUT2D eigenvalue weighted by Crippen LogP contribution is -2.38. The van der Waals surface area contributed by atoms with Crippen molar-refractivity contribution in [2.24, 2.45) is 23.7 Å². The van der Waals surface area contributed by atoms with Crippen molar-refractivity contribution in [1.29, 1.82) is 0 Å². The summed E-state index contributed by atoms with van der Waals surface area (Å²) in [5.74, 6) is -7.57. The minimum Gasteiger partial charge on any atom is -0.412 e. The van der Waals surface area contributed by atoms with Gasteiger partial charge in [-0.15, -0.1) is 0 Å². The van der Waals surface area contributed by atoms with Gasteiger partial charge in [-0.1, -0.05) is 57.0 Å². The maximum Gasteiger partial charge on any atom is 0.194 e. The summed E-state index contributed by atoms with van der Waals surface area (Å²) in [7, 11) is 0. The Hall–Kier alpha value is -4.10. The Labute approximate surface area is 371 Å². The third-order valence-corrected chi connectivity index (χ3v) is 14.0. The third-order valence-electron chi connectivity index (χ3n) is 14.0. The summed E-state index contributed by atoms with van der Waals surface area (Å²) in [4.78, 5) is 0. The van der Waals surface area contributed by atoms with E-state index in [0.29, 0.717) is 48.2 Å². The minimum absolute atomic E-state index is 0. The molecule has 2 aliphatic carbocycles. The van der Waals surface area contributed by atoms with Crippen molar-refractivity contribution in [2.45, 2.75) is 128 Å². The number of rotatable bonds is 10. The molecule has 0 radical (unpaired) electrons. The van der Waals surface area contributed by atoms with Crippen LogP contribution in [0.25, 0.3) is 27.8 Å². The van der Waals surface area contributed by atoms with E-state index in [-0.39, 0.29) is 33.8 Å². The molecule has 2 aliphatic heterocycles. The van der Waals surface area contributed by atoms with E-state index in [2.05, 4.69) is 19.9 Å². The summed E-state index contributed by atoms with van der Waals surface area (Å²) in [6.45, 7) is 6.09. The second kappa shape index (κ2) is 21.9. The number of allylic oxidation sites excluding steroid dienone is 2. The van der Waals surface area contributed by atoms with Gasteiger partial charge >= 0.3 is 0 Å². The normalized spacial score (nSPS) is 26.0. The second-order valence-corrected chi connectivity index (χ2v) is 18.2. The molecule has 64 heavy (non-hydrogen) atoms. The third kappa shape index (κ3) is 11.5. The van der Waals surface area contributed by atoms with Gasteiger partial charge in [0.2, 0.25) is 0 Å². The Morgan fingerprint density at radius 2 is 1.02 bits per heavy atom. The van der Waals surface area contributed by atoms with Crippen LogP contribution in [0.1, 0.15) is 121 Å². The number of hydrogen-bond donors (Lipinski definition) is 1. The van der Waals surface area contributed by atoms with Crippen molar-refractivity contribution in [3.8, 4) is 22.3 Å². The smallest absolute Gasteiger partial charge is 0.194 e. The van der Waals surface area contributed by atoms with E-state index < -0.39 is 52.1 Å². The quantitative estimate of drug-likeness (QED) is 0.127. The molecule has 5 unspecified atom stereocenters. The molecule has 2 saturated heterocycles. The first-order chi connectivity index (χ1) is 30.3. The van der Waals surface area contributed by atoms with E-state index in [1.807, 2.05) is 0 Å². The van der Waals surface area contributed by atoms with Crippen LogP contribution in [0.3, 0.4) is 0 Å². The maximum atomic E-state index is 14.8. The van der Waals surface area contributed by atoms with Crippen molar-refractivity contribution in [1.82, 2.24) is 0 Å². The van der Waals surface area contributed by atoms with Gasteiger partial charge in [-0.2, -0.15) is 0 Å². The van der Waals surface area contributed by atoms with Crippen LogP contribution in [-0.2, 0) is 15.1 Å². The highest BCUT2D eigenvalue weighted by molar-refractivity contribution is 5.71. The zero-order valence-corrected chi connectivity index (χ0v) is 36.6. The second-order valence-electron chi connectivity index (χ2n) is 18.2. The minimum atomic E-state index is -1.58. The average molecular weight is 901 g/mol. The predicted molar refractivity (Wildman–Crippen MR) is 233 cm³/mol. The molecular formula is C52H60F8O4. The van der Waals surface area contributed by atoms with Crippen LogP contribution in [0.2, 0.25) is 0 Å². The molecule has 0 bridgehead atoms. The number of hydrogen-bond acceptors (Lipinski definition) is 3. The molecule has 0 aromatic heterocycles. The molecule has 4 aromatic rings. The van der Waals surface area contributed by atoms with E-state index in [4.69, 9.17) is 9.47 Å². The predicted octanol–water partition coefficient (Wildman–Crippen LogP) is 13.7. The fourth-order valence-corrected chi connectivity index (χ4v) is 10.3. The summed E-state index contributed by atoms with van der Waals surface area (Å²) in [6.07, 6.45) is 17.5. The molecule has 0 amide bonds. The van der Waals surface area contributed by atoms with Crippen LogP contribution in [-0.4, -0.2) is 36.0 Å². The Balaban J connectivity index is 0.000000209. The fourth-order valence-electron chi connectivity index (χ4n) is 10.3. The highest BCUT2D eigenvalue weighted by Crippen LogP contribution is 2.44. The largest absolute Gasteiger partial charge is 0.412 e. The maximum absolute atomic E-state index is 14.8. The standard InChI is InChI=1S/C26H30F4O2.C26H28F4O.H2O/c1-2-3-16-4-7-24(32-15-16)17-8-10-26(31,11-9-17)19-5-6-20(21(27)14-19)18-12-22(28)25(30)23(29)13-18;1-2-3-16-4-11-25(31-15-16)18-7-5-17(6-8-18)19-9-10-21(22(27)12-19)20-13-23(28)26(30)24(29)14-20;/h5-6,12-14,16-17,24,31H,2-4,7-11,15H2,1H3;5,9-10,12-14,16,18,25H,2-4,6-8,11,15H2,1H3;1H2. The Bertz CT molecular complexity index is 2180. The summed E-state index contributed by atoms with van der Waals surface area (Å²) < 4.78 is 122. The molecule has 4 nitrogen and oxygen atoms in total. The number of halogens is 8. The molecule has 2 heterocycles. The summed E-state index contributed by atoms with van der Waals surface area (Å²) >= 11 is 0. The highest BCUT2D eigenvalue weighted by atomic mass is 19.2. The SMILES string of the molecule is CCCC1CCC(C2CC=C(c3ccc(-c4cc(F)c(F)c(F)c4)c(F)c3)CC2)OC1.CCCC1CCC(C2CCC(O)(c3ccc(-c4cc(F)c(F)c(F)c4)c(F)c3)CC2)OC1.O. The molecule has 3 N–H and O–H groups in total. The monoisotopic (exact) mass is 900 g/mol. The summed E-state index contributed by atoms with van der Waals surface area (Å²) in [5.41, 5.74) is 1.07. The average Bonchev–Trinajstić information content (AvgIpc) is 3.28. The molecule has 4 aliphatic rings. The molecule has 1 saturated carbocycles.